The van der Waals surface area contributed by atoms with Crippen LogP contribution < -0.4 is 5.73 Å². The Kier molecular flexibility index (Phi) is 3.63. The van der Waals surface area contributed by atoms with E-state index in [1.807, 2.05) is 36.2 Å². The maximum Gasteiger partial charge on any atom is 0.275 e. The number of para-hydroxylation sites is 1. The van der Waals surface area contributed by atoms with Crippen LogP contribution in [0.2, 0.25) is 0 Å². The highest BCUT2D eigenvalue weighted by Gasteiger charge is 2.28. The smallest absolute Gasteiger partial charge is 0.275 e. The number of carbonyl (C=O) groups is 1. The number of nitrogens with zero attached hydrogens (tertiary/aromatic N) is 3. The summed E-state index contributed by atoms with van der Waals surface area (Å²) in [4.78, 5) is 15.1. The first-order valence-corrected chi connectivity index (χ1v) is 7.49. The average molecular weight is 302 g/mol. The van der Waals surface area contributed by atoms with Crippen LogP contribution in [0.25, 0.3) is 10.9 Å². The molecule has 1 aliphatic rings. The van der Waals surface area contributed by atoms with Crippen LogP contribution in [0.1, 0.15) is 23.3 Å². The van der Waals surface area contributed by atoms with Gasteiger partial charge in [-0.05, 0) is 18.9 Å². The van der Waals surface area contributed by atoms with Gasteiger partial charge in [0.15, 0.2) is 5.69 Å². The van der Waals surface area contributed by atoms with E-state index >= 15 is 0 Å². The van der Waals surface area contributed by atoms with E-state index in [-0.39, 0.29) is 11.8 Å². The molecule has 0 saturated carbocycles. The van der Waals surface area contributed by atoms with Crippen molar-refractivity contribution in [2.24, 2.45) is 18.7 Å². The van der Waals surface area contributed by atoms with Gasteiger partial charge in [0.1, 0.15) is 0 Å². The summed E-state index contributed by atoms with van der Waals surface area (Å²) < 4.78 is 1.75. The second kappa shape index (κ2) is 5.44. The monoisotopic (exact) mass is 302 g/mol. The van der Waals surface area contributed by atoms with Gasteiger partial charge in [-0.1, -0.05) is 30.4 Å². The van der Waals surface area contributed by atoms with Crippen LogP contribution in [0, 0.1) is 5.92 Å². The molecule has 2 heterocycles. The number of rotatable bonds is 2. The Morgan fingerprint density at radius 1 is 1.43 bits per heavy atom. The lowest BCUT2D eigenvalue weighted by molar-refractivity contribution is 0.0698. The van der Waals surface area contributed by atoms with Crippen LogP contribution in [-0.4, -0.2) is 38.7 Å². The molecule has 0 radical (unpaired) electrons. The molecule has 1 fully saturated rings. The summed E-state index contributed by atoms with van der Waals surface area (Å²) in [5.74, 6) is 0.0837. The molecule has 0 spiro atoms. The van der Waals surface area contributed by atoms with Gasteiger partial charge in [-0.3, -0.25) is 9.48 Å². The lowest BCUT2D eigenvalue weighted by Crippen LogP contribution is -2.43. The maximum atomic E-state index is 12.8. The predicted octanol–water partition coefficient (Wildman–Crippen LogP) is 1.71. The minimum Gasteiger partial charge on any atom is -0.393 e. The summed E-state index contributed by atoms with van der Waals surface area (Å²) >= 11 is 5.07. The highest BCUT2D eigenvalue weighted by molar-refractivity contribution is 7.80. The van der Waals surface area contributed by atoms with Crippen molar-refractivity contribution in [3.63, 3.8) is 0 Å². The third-order valence-corrected chi connectivity index (χ3v) is 4.40. The molecular formula is C15H18N4OS. The molecule has 0 bridgehead atoms. The zero-order valence-electron chi connectivity index (χ0n) is 12.0. The molecular weight excluding hydrogens is 284 g/mol. The highest BCUT2D eigenvalue weighted by Crippen LogP contribution is 2.22. The number of aryl methyl sites for hydroxylation is 1. The van der Waals surface area contributed by atoms with Crippen LogP contribution in [0.15, 0.2) is 24.3 Å². The first kappa shape index (κ1) is 14.0. The van der Waals surface area contributed by atoms with E-state index < -0.39 is 0 Å². The van der Waals surface area contributed by atoms with Gasteiger partial charge >= 0.3 is 0 Å². The molecule has 5 nitrogen and oxygen atoms in total. The van der Waals surface area contributed by atoms with Crippen LogP contribution >= 0.6 is 12.2 Å². The summed E-state index contributed by atoms with van der Waals surface area (Å²) in [6.07, 6.45) is 1.89. The fraction of sp³-hybridized carbons (Fsp3) is 0.400. The number of hydrogen-bond donors (Lipinski definition) is 1. The summed E-state index contributed by atoms with van der Waals surface area (Å²) in [5, 5.41) is 5.29. The molecule has 1 unspecified atom stereocenters. The fourth-order valence-electron chi connectivity index (χ4n) is 2.92. The van der Waals surface area contributed by atoms with Crippen LogP contribution in [-0.2, 0) is 7.05 Å². The van der Waals surface area contributed by atoms with Crippen molar-refractivity contribution in [1.82, 2.24) is 14.7 Å². The molecule has 2 N–H and O–H groups in total. The standard InChI is InChI=1S/C15H18N4OS/c1-18-12-7-3-2-6-11(12)13(17-18)15(20)19-8-4-5-10(9-19)14(16)21/h2-3,6-7,10H,4-5,8-9H2,1H3,(H2,16,21). The van der Waals surface area contributed by atoms with Crippen molar-refractivity contribution in [3.05, 3.63) is 30.0 Å². The Bertz CT molecular complexity index is 709. The van der Waals surface area contributed by atoms with Crippen molar-refractivity contribution in [2.75, 3.05) is 13.1 Å². The van der Waals surface area contributed by atoms with Crippen LogP contribution in [0.3, 0.4) is 0 Å². The van der Waals surface area contributed by atoms with E-state index in [4.69, 9.17) is 18.0 Å². The largest absolute Gasteiger partial charge is 0.393 e. The van der Waals surface area contributed by atoms with Gasteiger partial charge in [0, 0.05) is 31.4 Å². The highest BCUT2D eigenvalue weighted by atomic mass is 32.1. The topological polar surface area (TPSA) is 64.2 Å². The van der Waals surface area contributed by atoms with Crippen molar-refractivity contribution in [3.8, 4) is 0 Å². The number of nitrogens with two attached hydrogens (primary N) is 1. The average Bonchev–Trinajstić information content (AvgIpc) is 2.84. The molecule has 3 rings (SSSR count). The Hall–Kier alpha value is -1.95. The maximum absolute atomic E-state index is 12.8. The van der Waals surface area contributed by atoms with E-state index in [1.54, 1.807) is 4.68 Å². The van der Waals surface area contributed by atoms with Gasteiger partial charge in [0.2, 0.25) is 0 Å². The number of amides is 1. The number of carbonyl (C=O) groups excluding carboxylic acids is 1. The Morgan fingerprint density at radius 2 is 2.19 bits per heavy atom. The van der Waals surface area contributed by atoms with E-state index in [9.17, 15) is 4.79 Å². The fourth-order valence-corrected chi connectivity index (χ4v) is 3.11. The van der Waals surface area contributed by atoms with Gasteiger partial charge in [-0.25, -0.2) is 0 Å². The Balaban J connectivity index is 1.92. The zero-order chi connectivity index (χ0) is 15.0. The molecule has 1 aliphatic heterocycles. The van der Waals surface area contributed by atoms with Crippen molar-refractivity contribution >= 4 is 34.0 Å². The zero-order valence-corrected chi connectivity index (χ0v) is 12.8. The normalized spacial score (nSPS) is 18.9. The van der Waals surface area contributed by atoms with E-state index in [2.05, 4.69) is 5.10 Å². The molecule has 1 saturated heterocycles. The SMILES string of the molecule is Cn1nc(C(=O)N2CCCC(C(N)=S)C2)c2ccccc21. The van der Waals surface area contributed by atoms with Crippen molar-refractivity contribution in [2.45, 2.75) is 12.8 Å². The van der Waals surface area contributed by atoms with E-state index in [0.29, 0.717) is 17.2 Å². The third kappa shape index (κ3) is 2.51. The summed E-state index contributed by atoms with van der Waals surface area (Å²) in [6.45, 7) is 1.34. The molecule has 0 aliphatic carbocycles. The molecule has 1 amide bonds. The molecule has 2 aromatic rings. The number of fused-ring (bicyclic) bond motifs is 1. The Morgan fingerprint density at radius 3 is 2.95 bits per heavy atom. The van der Waals surface area contributed by atoms with Gasteiger partial charge in [-0.2, -0.15) is 5.10 Å². The number of piperidine rings is 1. The third-order valence-electron chi connectivity index (χ3n) is 4.07. The quantitative estimate of drug-likeness (QED) is 0.858. The first-order chi connectivity index (χ1) is 10.1. The van der Waals surface area contributed by atoms with Gasteiger partial charge in [-0.15, -0.1) is 0 Å². The lowest BCUT2D eigenvalue weighted by atomic mass is 9.97. The number of aromatic nitrogens is 2. The number of benzene rings is 1. The molecule has 21 heavy (non-hydrogen) atoms. The molecule has 1 aromatic carbocycles. The number of thiocarbonyl (C=S) groups is 1. The van der Waals surface area contributed by atoms with Crippen LogP contribution in [0.4, 0.5) is 0 Å². The first-order valence-electron chi connectivity index (χ1n) is 7.08. The van der Waals surface area contributed by atoms with Crippen molar-refractivity contribution < 1.29 is 4.79 Å². The Labute approximate surface area is 128 Å². The molecule has 1 aromatic heterocycles. The minimum atomic E-state index is -0.0345. The second-order valence-corrected chi connectivity index (χ2v) is 5.95. The lowest BCUT2D eigenvalue weighted by Gasteiger charge is -2.31. The van der Waals surface area contributed by atoms with E-state index in [0.717, 1.165) is 30.3 Å². The number of hydrogen-bond acceptors (Lipinski definition) is 3. The molecule has 6 heteroatoms. The summed E-state index contributed by atoms with van der Waals surface area (Å²) in [7, 11) is 1.85. The number of likely N-dealkylation sites (tertiary alicyclic amines) is 1. The summed E-state index contributed by atoms with van der Waals surface area (Å²) in [5.41, 5.74) is 7.21. The second-order valence-electron chi connectivity index (χ2n) is 5.48. The van der Waals surface area contributed by atoms with Crippen LogP contribution in [0.5, 0.6) is 0 Å². The molecule has 110 valence electrons. The predicted molar refractivity (Wildman–Crippen MR) is 86.1 cm³/mol. The van der Waals surface area contributed by atoms with Crippen molar-refractivity contribution in [1.29, 1.82) is 0 Å². The minimum absolute atomic E-state index is 0.0345. The van der Waals surface area contributed by atoms with Gasteiger partial charge < -0.3 is 10.6 Å². The van der Waals surface area contributed by atoms with Gasteiger partial charge in [0.25, 0.3) is 5.91 Å². The van der Waals surface area contributed by atoms with E-state index in [1.165, 1.54) is 0 Å². The summed E-state index contributed by atoms with van der Waals surface area (Å²) in [6, 6.07) is 7.77. The van der Waals surface area contributed by atoms with Gasteiger partial charge in [0.05, 0.1) is 10.5 Å². The molecule has 1 atom stereocenters.